The van der Waals surface area contributed by atoms with Crippen molar-refractivity contribution >= 4 is 18.0 Å². The lowest BCUT2D eigenvalue weighted by atomic mass is 10.2. The first kappa shape index (κ1) is 17.8. The summed E-state index contributed by atoms with van der Waals surface area (Å²) < 4.78 is 10.1. The van der Waals surface area contributed by atoms with Crippen molar-refractivity contribution in [2.24, 2.45) is 0 Å². The van der Waals surface area contributed by atoms with Gasteiger partial charge in [0.1, 0.15) is 5.75 Å². The maximum Gasteiger partial charge on any atom is 0.307 e. The van der Waals surface area contributed by atoms with Crippen LogP contribution in [0.25, 0.3) is 6.08 Å². The summed E-state index contributed by atoms with van der Waals surface area (Å²) in [7, 11) is 1.34. The van der Waals surface area contributed by atoms with Crippen molar-refractivity contribution in [2.75, 3.05) is 26.8 Å². The fourth-order valence-corrected chi connectivity index (χ4v) is 1.92. The fourth-order valence-electron chi connectivity index (χ4n) is 1.92. The molecule has 0 aromatic heterocycles. The molecule has 1 rings (SSSR count). The highest BCUT2D eigenvalue weighted by atomic mass is 16.5. The van der Waals surface area contributed by atoms with Gasteiger partial charge in [-0.15, -0.1) is 0 Å². The summed E-state index contributed by atoms with van der Waals surface area (Å²) in [5.74, 6) is 0.279. The van der Waals surface area contributed by atoms with Crippen molar-refractivity contribution in [3.63, 3.8) is 0 Å². The molecular formula is C17H23NO4. The number of nitrogens with zero attached hydrogens (tertiary/aromatic N) is 1. The van der Waals surface area contributed by atoms with E-state index < -0.39 is 0 Å². The van der Waals surface area contributed by atoms with Gasteiger partial charge >= 0.3 is 5.97 Å². The van der Waals surface area contributed by atoms with Gasteiger partial charge in [0, 0.05) is 24.7 Å². The summed E-state index contributed by atoms with van der Waals surface area (Å²) in [6.07, 6.45) is 3.42. The van der Waals surface area contributed by atoms with Crippen molar-refractivity contribution in [3.05, 3.63) is 35.9 Å². The molecule has 22 heavy (non-hydrogen) atoms. The van der Waals surface area contributed by atoms with Gasteiger partial charge in [0.05, 0.1) is 20.1 Å². The molecule has 1 amide bonds. The second-order valence-electron chi connectivity index (χ2n) is 4.55. The molecule has 1 aromatic carbocycles. The lowest BCUT2D eigenvalue weighted by Gasteiger charge is -2.18. The van der Waals surface area contributed by atoms with Crippen molar-refractivity contribution in [2.45, 2.75) is 20.3 Å². The molecule has 0 spiro atoms. The Hall–Kier alpha value is -2.30. The number of methoxy groups -OCH3 is 1. The van der Waals surface area contributed by atoms with E-state index in [9.17, 15) is 9.59 Å². The van der Waals surface area contributed by atoms with E-state index >= 15 is 0 Å². The van der Waals surface area contributed by atoms with E-state index in [0.717, 1.165) is 11.3 Å². The van der Waals surface area contributed by atoms with Crippen LogP contribution in [-0.4, -0.2) is 43.6 Å². The second kappa shape index (κ2) is 9.60. The van der Waals surface area contributed by atoms with E-state index in [-0.39, 0.29) is 18.3 Å². The molecule has 0 fully saturated rings. The Labute approximate surface area is 131 Å². The molecule has 0 aliphatic heterocycles. The van der Waals surface area contributed by atoms with Crippen LogP contribution in [0.15, 0.2) is 30.3 Å². The fraction of sp³-hybridized carbons (Fsp3) is 0.412. The van der Waals surface area contributed by atoms with Crippen molar-refractivity contribution in [1.82, 2.24) is 4.90 Å². The van der Waals surface area contributed by atoms with Crippen LogP contribution in [0, 0.1) is 0 Å². The first-order chi connectivity index (χ1) is 10.6. The molecule has 0 N–H and O–H groups in total. The standard InChI is InChI=1S/C17H23NO4/c1-4-18(13-12-17(20)21-3)16(19)11-10-14-8-6-7-9-15(14)22-5-2/h6-11H,4-5,12-13H2,1-3H3/b11-10+. The number of rotatable bonds is 8. The van der Waals surface area contributed by atoms with Crippen LogP contribution in [-0.2, 0) is 14.3 Å². The third kappa shape index (κ3) is 5.60. The van der Waals surface area contributed by atoms with E-state index in [1.54, 1.807) is 11.0 Å². The normalized spacial score (nSPS) is 10.5. The number of hydrogen-bond donors (Lipinski definition) is 0. The zero-order valence-corrected chi connectivity index (χ0v) is 13.4. The average molecular weight is 305 g/mol. The Morgan fingerprint density at radius 3 is 2.59 bits per heavy atom. The molecule has 0 saturated heterocycles. The maximum absolute atomic E-state index is 12.2. The number of carbonyl (C=O) groups is 2. The number of carbonyl (C=O) groups excluding carboxylic acids is 2. The molecule has 0 aliphatic carbocycles. The van der Waals surface area contributed by atoms with E-state index in [0.29, 0.717) is 19.7 Å². The molecule has 0 heterocycles. The summed E-state index contributed by atoms with van der Waals surface area (Å²) in [6, 6.07) is 7.53. The SMILES string of the molecule is CCOc1ccccc1/C=C/C(=O)N(CC)CCC(=O)OC. The number of hydrogen-bond acceptors (Lipinski definition) is 4. The van der Waals surface area contributed by atoms with Crippen molar-refractivity contribution < 1.29 is 19.1 Å². The summed E-state index contributed by atoms with van der Waals surface area (Å²) in [6.45, 7) is 5.24. The monoisotopic (exact) mass is 305 g/mol. The highest BCUT2D eigenvalue weighted by molar-refractivity contribution is 5.92. The van der Waals surface area contributed by atoms with Crippen LogP contribution in [0.5, 0.6) is 5.75 Å². The lowest BCUT2D eigenvalue weighted by molar-refractivity contribution is -0.141. The lowest BCUT2D eigenvalue weighted by Crippen LogP contribution is -2.31. The number of likely N-dealkylation sites (N-methyl/N-ethyl adjacent to an activating group) is 1. The van der Waals surface area contributed by atoms with Crippen LogP contribution in [0.2, 0.25) is 0 Å². The Kier molecular flexibility index (Phi) is 7.75. The van der Waals surface area contributed by atoms with E-state index in [1.165, 1.54) is 13.2 Å². The molecular weight excluding hydrogens is 282 g/mol. The molecule has 0 bridgehead atoms. The zero-order chi connectivity index (χ0) is 16.4. The number of ether oxygens (including phenoxy) is 2. The Bertz CT molecular complexity index is 525. The Morgan fingerprint density at radius 1 is 1.23 bits per heavy atom. The Balaban J connectivity index is 2.71. The molecule has 0 radical (unpaired) electrons. The van der Waals surface area contributed by atoms with Gasteiger partial charge in [-0.25, -0.2) is 0 Å². The summed E-state index contributed by atoms with van der Waals surface area (Å²) >= 11 is 0. The molecule has 1 aromatic rings. The predicted molar refractivity (Wildman–Crippen MR) is 85.5 cm³/mol. The summed E-state index contributed by atoms with van der Waals surface area (Å²) in [4.78, 5) is 24.9. The first-order valence-corrected chi connectivity index (χ1v) is 7.38. The van der Waals surface area contributed by atoms with Crippen LogP contribution in [0.3, 0.4) is 0 Å². The molecule has 0 aliphatic rings. The van der Waals surface area contributed by atoms with Crippen molar-refractivity contribution in [1.29, 1.82) is 0 Å². The highest BCUT2D eigenvalue weighted by Crippen LogP contribution is 2.19. The Morgan fingerprint density at radius 2 is 1.95 bits per heavy atom. The van der Waals surface area contributed by atoms with E-state index in [4.69, 9.17) is 4.74 Å². The number of benzene rings is 1. The van der Waals surface area contributed by atoms with Gasteiger partial charge in [0.25, 0.3) is 0 Å². The van der Waals surface area contributed by atoms with Gasteiger partial charge < -0.3 is 14.4 Å². The summed E-state index contributed by atoms with van der Waals surface area (Å²) in [5.41, 5.74) is 0.849. The molecule has 0 saturated carbocycles. The molecule has 0 atom stereocenters. The number of esters is 1. The average Bonchev–Trinajstić information content (AvgIpc) is 2.54. The highest BCUT2D eigenvalue weighted by Gasteiger charge is 2.11. The molecule has 0 unspecified atom stereocenters. The minimum absolute atomic E-state index is 0.141. The quantitative estimate of drug-likeness (QED) is 0.547. The van der Waals surface area contributed by atoms with Crippen molar-refractivity contribution in [3.8, 4) is 5.75 Å². The van der Waals surface area contributed by atoms with Crippen LogP contribution < -0.4 is 4.74 Å². The van der Waals surface area contributed by atoms with Crippen LogP contribution in [0.1, 0.15) is 25.8 Å². The van der Waals surface area contributed by atoms with Gasteiger partial charge in [0.15, 0.2) is 0 Å². The predicted octanol–water partition coefficient (Wildman–Crippen LogP) is 2.51. The molecule has 5 heteroatoms. The van der Waals surface area contributed by atoms with E-state index in [1.807, 2.05) is 38.1 Å². The first-order valence-electron chi connectivity index (χ1n) is 7.38. The maximum atomic E-state index is 12.2. The smallest absolute Gasteiger partial charge is 0.307 e. The zero-order valence-electron chi connectivity index (χ0n) is 13.4. The van der Waals surface area contributed by atoms with Gasteiger partial charge in [0.2, 0.25) is 5.91 Å². The molecule has 5 nitrogen and oxygen atoms in total. The van der Waals surface area contributed by atoms with E-state index in [2.05, 4.69) is 4.74 Å². The van der Waals surface area contributed by atoms with Gasteiger partial charge in [-0.1, -0.05) is 18.2 Å². The third-order valence-corrected chi connectivity index (χ3v) is 3.13. The van der Waals surface area contributed by atoms with Crippen LogP contribution in [0.4, 0.5) is 0 Å². The van der Waals surface area contributed by atoms with Gasteiger partial charge in [-0.3, -0.25) is 9.59 Å². The third-order valence-electron chi connectivity index (χ3n) is 3.13. The largest absolute Gasteiger partial charge is 0.493 e. The number of amides is 1. The second-order valence-corrected chi connectivity index (χ2v) is 4.55. The van der Waals surface area contributed by atoms with Gasteiger partial charge in [-0.05, 0) is 26.0 Å². The van der Waals surface area contributed by atoms with Gasteiger partial charge in [-0.2, -0.15) is 0 Å². The molecule has 120 valence electrons. The minimum Gasteiger partial charge on any atom is -0.493 e. The topological polar surface area (TPSA) is 55.8 Å². The summed E-state index contributed by atoms with van der Waals surface area (Å²) in [5, 5.41) is 0. The number of para-hydroxylation sites is 1. The minimum atomic E-state index is -0.322. The van der Waals surface area contributed by atoms with Crippen LogP contribution >= 0.6 is 0 Å².